The van der Waals surface area contributed by atoms with Crippen molar-refractivity contribution in [1.82, 2.24) is 10.0 Å². The van der Waals surface area contributed by atoms with E-state index in [2.05, 4.69) is 10.0 Å². The fourth-order valence-corrected chi connectivity index (χ4v) is 2.14. The van der Waals surface area contributed by atoms with Crippen molar-refractivity contribution < 1.29 is 23.1 Å². The summed E-state index contributed by atoms with van der Waals surface area (Å²) in [6.07, 6.45) is 0. The molecule has 0 radical (unpaired) electrons. The highest BCUT2D eigenvalue weighted by Gasteiger charge is 2.18. The third-order valence-corrected chi connectivity index (χ3v) is 4.12. The average molecular weight is 315 g/mol. The van der Waals surface area contributed by atoms with Crippen molar-refractivity contribution in [3.63, 3.8) is 0 Å². The fraction of sp³-hybridized carbons (Fsp3) is 0.333. The van der Waals surface area contributed by atoms with Crippen LogP contribution in [0.15, 0.2) is 24.3 Å². The van der Waals surface area contributed by atoms with Gasteiger partial charge in [0.1, 0.15) is 0 Å². The fourth-order valence-electron chi connectivity index (χ4n) is 1.57. The van der Waals surface area contributed by atoms with Gasteiger partial charge in [-0.1, -0.05) is 12.1 Å². The minimum Gasteiger partial charge on any atom is -0.478 e. The predicted molar refractivity (Wildman–Crippen MR) is 78.0 cm³/mol. The molecule has 0 spiro atoms. The molecule has 0 unspecified atom stereocenters. The monoisotopic (exact) mass is 315 g/mol. The van der Waals surface area contributed by atoms with Crippen LogP contribution in [0.2, 0.25) is 0 Å². The third-order valence-electron chi connectivity index (χ3n) is 2.76. The molecule has 21 heavy (non-hydrogen) atoms. The number of para-hydroxylation sites is 1. The number of carbonyl (C=O) groups excluding carboxylic acids is 1. The number of benzene rings is 1. The number of rotatable bonds is 6. The summed E-state index contributed by atoms with van der Waals surface area (Å²) in [6.45, 7) is -0.0818. The number of nitrogens with zero attached hydrogens (tertiary/aromatic N) is 1. The van der Waals surface area contributed by atoms with E-state index in [0.29, 0.717) is 0 Å². The Bertz CT molecular complexity index is 630. The van der Waals surface area contributed by atoms with Gasteiger partial charge >= 0.3 is 12.0 Å². The predicted octanol–water partition coefficient (Wildman–Crippen LogP) is 0.0798. The Morgan fingerprint density at radius 2 is 1.90 bits per heavy atom. The van der Waals surface area contributed by atoms with Gasteiger partial charge in [0.25, 0.3) is 0 Å². The Hall–Kier alpha value is -2.13. The third kappa shape index (κ3) is 4.72. The molecule has 0 aliphatic heterocycles. The molecule has 0 saturated carbocycles. The van der Waals surface area contributed by atoms with E-state index in [1.807, 2.05) is 0 Å². The lowest BCUT2D eigenvalue weighted by atomic mass is 10.1. The zero-order chi connectivity index (χ0) is 16.0. The normalized spacial score (nSPS) is 11.0. The number of anilines is 1. The smallest absolute Gasteiger partial charge is 0.337 e. The maximum Gasteiger partial charge on any atom is 0.337 e. The van der Waals surface area contributed by atoms with Gasteiger partial charge in [-0.3, -0.25) is 4.90 Å². The Morgan fingerprint density at radius 3 is 2.48 bits per heavy atom. The van der Waals surface area contributed by atoms with Crippen LogP contribution in [0, 0.1) is 0 Å². The van der Waals surface area contributed by atoms with Crippen LogP contribution in [-0.4, -0.2) is 51.9 Å². The van der Waals surface area contributed by atoms with Gasteiger partial charge in [-0.25, -0.2) is 22.7 Å². The van der Waals surface area contributed by atoms with Gasteiger partial charge in [0, 0.05) is 13.6 Å². The Labute approximate surface area is 122 Å². The molecule has 0 atom stereocenters. The van der Waals surface area contributed by atoms with Crippen LogP contribution >= 0.6 is 0 Å². The highest BCUT2D eigenvalue weighted by molar-refractivity contribution is 7.89. The quantitative estimate of drug-likeness (QED) is 0.687. The number of carboxylic acid groups (broad SMARTS) is 1. The van der Waals surface area contributed by atoms with Gasteiger partial charge in [0.15, 0.2) is 0 Å². The van der Waals surface area contributed by atoms with Crippen molar-refractivity contribution >= 4 is 27.7 Å². The number of sulfonamides is 1. The first-order chi connectivity index (χ1) is 9.78. The number of hydrogen-bond acceptors (Lipinski definition) is 4. The molecule has 9 heteroatoms. The summed E-state index contributed by atoms with van der Waals surface area (Å²) in [5.74, 6) is -1.41. The Morgan fingerprint density at radius 1 is 1.29 bits per heavy atom. The van der Waals surface area contributed by atoms with Crippen molar-refractivity contribution in [1.29, 1.82) is 0 Å². The minimum atomic E-state index is -3.40. The first-order valence-corrected chi connectivity index (χ1v) is 7.69. The number of hydrogen-bond donors (Lipinski definition) is 3. The molecule has 8 nitrogen and oxygen atoms in total. The SMILES string of the molecule is CNS(=O)(=O)CCNC(=O)N(C)c1ccccc1C(=O)O. The summed E-state index contributed by atoms with van der Waals surface area (Å²) in [5, 5.41) is 11.5. The highest BCUT2D eigenvalue weighted by atomic mass is 32.2. The second kappa shape index (κ2) is 7.04. The highest BCUT2D eigenvalue weighted by Crippen LogP contribution is 2.18. The zero-order valence-electron chi connectivity index (χ0n) is 11.7. The van der Waals surface area contributed by atoms with Crippen LogP contribution < -0.4 is 14.9 Å². The summed E-state index contributed by atoms with van der Waals surface area (Å²) in [6, 6.07) is 5.45. The van der Waals surface area contributed by atoms with Crippen LogP contribution in [0.4, 0.5) is 10.5 Å². The molecule has 0 saturated heterocycles. The first-order valence-electron chi connectivity index (χ1n) is 6.03. The zero-order valence-corrected chi connectivity index (χ0v) is 12.5. The number of urea groups is 1. The number of carboxylic acids is 1. The van der Waals surface area contributed by atoms with Crippen LogP contribution in [0.25, 0.3) is 0 Å². The summed E-state index contributed by atoms with van der Waals surface area (Å²) < 4.78 is 24.6. The number of amides is 2. The summed E-state index contributed by atoms with van der Waals surface area (Å²) in [7, 11) is -0.714. The Kier molecular flexibility index (Phi) is 5.68. The van der Waals surface area contributed by atoms with E-state index in [4.69, 9.17) is 5.11 Å². The lowest BCUT2D eigenvalue weighted by Crippen LogP contribution is -2.41. The van der Waals surface area contributed by atoms with Gasteiger partial charge in [-0.15, -0.1) is 0 Å². The van der Waals surface area contributed by atoms with E-state index >= 15 is 0 Å². The summed E-state index contributed by atoms with van der Waals surface area (Å²) >= 11 is 0. The van der Waals surface area contributed by atoms with Crippen molar-refractivity contribution in [3.8, 4) is 0 Å². The molecule has 0 aliphatic rings. The van der Waals surface area contributed by atoms with Crippen LogP contribution in [0.1, 0.15) is 10.4 Å². The maximum atomic E-state index is 11.9. The molecule has 116 valence electrons. The van der Waals surface area contributed by atoms with Crippen LogP contribution in [0.3, 0.4) is 0 Å². The molecule has 0 aliphatic carbocycles. The second-order valence-corrected chi connectivity index (χ2v) is 6.18. The first kappa shape index (κ1) is 16.9. The van der Waals surface area contributed by atoms with Gasteiger partial charge < -0.3 is 10.4 Å². The van der Waals surface area contributed by atoms with Crippen LogP contribution in [0.5, 0.6) is 0 Å². The summed E-state index contributed by atoms with van der Waals surface area (Å²) in [4.78, 5) is 24.1. The average Bonchev–Trinajstić information content (AvgIpc) is 2.46. The molecule has 3 N–H and O–H groups in total. The van der Waals surface area contributed by atoms with Crippen LogP contribution in [-0.2, 0) is 10.0 Å². The van der Waals surface area contributed by atoms with E-state index in [0.717, 1.165) is 4.90 Å². The molecule has 1 aromatic carbocycles. The molecule has 1 rings (SSSR count). The lowest BCUT2D eigenvalue weighted by Gasteiger charge is -2.19. The topological polar surface area (TPSA) is 116 Å². The summed E-state index contributed by atoms with van der Waals surface area (Å²) in [5.41, 5.74) is 0.206. The van der Waals surface area contributed by atoms with E-state index in [1.54, 1.807) is 12.1 Å². The van der Waals surface area contributed by atoms with Gasteiger partial charge in [0.05, 0.1) is 17.0 Å². The van der Waals surface area contributed by atoms with E-state index in [9.17, 15) is 18.0 Å². The van der Waals surface area contributed by atoms with Crippen molar-refractivity contribution in [2.24, 2.45) is 0 Å². The molecule has 0 aromatic heterocycles. The molecule has 2 amide bonds. The largest absolute Gasteiger partial charge is 0.478 e. The second-order valence-electron chi connectivity index (χ2n) is 4.14. The van der Waals surface area contributed by atoms with Gasteiger partial charge in [-0.2, -0.15) is 0 Å². The molecular weight excluding hydrogens is 298 g/mol. The molecule has 0 bridgehead atoms. The van der Waals surface area contributed by atoms with Crippen molar-refractivity contribution in [2.45, 2.75) is 0 Å². The van der Waals surface area contributed by atoms with E-state index < -0.39 is 22.0 Å². The van der Waals surface area contributed by atoms with Gasteiger partial charge in [0.2, 0.25) is 10.0 Å². The van der Waals surface area contributed by atoms with Crippen molar-refractivity contribution in [3.05, 3.63) is 29.8 Å². The van der Waals surface area contributed by atoms with Gasteiger partial charge in [-0.05, 0) is 19.2 Å². The number of nitrogens with one attached hydrogen (secondary N) is 2. The van der Waals surface area contributed by atoms with E-state index in [-0.39, 0.29) is 23.5 Å². The lowest BCUT2D eigenvalue weighted by molar-refractivity contribution is 0.0697. The molecule has 1 aromatic rings. The van der Waals surface area contributed by atoms with E-state index in [1.165, 1.54) is 26.2 Å². The molecule has 0 heterocycles. The molecular formula is C12H17N3O5S. The van der Waals surface area contributed by atoms with Crippen molar-refractivity contribution in [2.75, 3.05) is 31.3 Å². The number of aromatic carboxylic acids is 1. The maximum absolute atomic E-state index is 11.9. The Balaban J connectivity index is 2.74. The standard InChI is InChI=1S/C12H17N3O5S/c1-13-21(19,20)8-7-14-12(18)15(2)10-6-4-3-5-9(10)11(16)17/h3-6,13H,7-8H2,1-2H3,(H,14,18)(H,16,17). The minimum absolute atomic E-state index is 0.0157. The number of carbonyl (C=O) groups is 2. The molecule has 0 fully saturated rings.